The molecule has 0 spiro atoms. The Balaban J connectivity index is 1.86. The molecule has 0 bridgehead atoms. The Morgan fingerprint density at radius 2 is 1.84 bits per heavy atom. The molecule has 5 heteroatoms. The molecule has 2 N–H and O–H groups in total. The number of para-hydroxylation sites is 2. The van der Waals surface area contributed by atoms with Crippen LogP contribution in [0.1, 0.15) is 32.1 Å². The Morgan fingerprint density at radius 1 is 1.16 bits per heavy atom. The highest BCUT2D eigenvalue weighted by Crippen LogP contribution is 2.25. The van der Waals surface area contributed by atoms with Crippen molar-refractivity contribution in [2.75, 3.05) is 18.1 Å². The molecular weight excluding hydrogens is 262 g/mol. The first-order chi connectivity index (χ1) is 9.09. The molecule has 2 rings (SSSR count). The normalized spacial score (nSPS) is 17.3. The Bertz CT molecular complexity index is 507. The van der Waals surface area contributed by atoms with Gasteiger partial charge in [0.2, 0.25) is 0 Å². The summed E-state index contributed by atoms with van der Waals surface area (Å²) in [5.41, 5.74) is 6.28. The maximum Gasteiger partial charge on any atom is 0.156 e. The average molecular weight is 283 g/mol. The van der Waals surface area contributed by atoms with Crippen molar-refractivity contribution in [3.8, 4) is 5.75 Å². The van der Waals surface area contributed by atoms with Crippen LogP contribution in [0.5, 0.6) is 5.75 Å². The third kappa shape index (κ3) is 3.86. The molecule has 0 aromatic heterocycles. The van der Waals surface area contributed by atoms with Crippen LogP contribution in [-0.4, -0.2) is 26.0 Å². The maximum absolute atomic E-state index is 12.1. The van der Waals surface area contributed by atoms with Gasteiger partial charge in [-0.05, 0) is 25.0 Å². The van der Waals surface area contributed by atoms with Crippen LogP contribution in [0.3, 0.4) is 0 Å². The monoisotopic (exact) mass is 283 g/mol. The van der Waals surface area contributed by atoms with Gasteiger partial charge in [0.05, 0.1) is 16.7 Å². The highest BCUT2D eigenvalue weighted by Gasteiger charge is 2.26. The summed E-state index contributed by atoms with van der Waals surface area (Å²) in [7, 11) is -3.03. The van der Waals surface area contributed by atoms with Crippen LogP contribution in [0.15, 0.2) is 24.3 Å². The van der Waals surface area contributed by atoms with Crippen LogP contribution in [0, 0.1) is 0 Å². The van der Waals surface area contributed by atoms with E-state index in [2.05, 4.69) is 0 Å². The van der Waals surface area contributed by atoms with Gasteiger partial charge in [-0.15, -0.1) is 0 Å². The zero-order valence-electron chi connectivity index (χ0n) is 11.0. The minimum Gasteiger partial charge on any atom is -0.490 e. The summed E-state index contributed by atoms with van der Waals surface area (Å²) < 4.78 is 29.8. The number of nitrogens with two attached hydrogens (primary N) is 1. The Kier molecular flexibility index (Phi) is 4.69. The highest BCUT2D eigenvalue weighted by atomic mass is 32.2. The van der Waals surface area contributed by atoms with Crippen LogP contribution < -0.4 is 10.5 Å². The molecule has 1 aliphatic rings. The molecule has 0 unspecified atom stereocenters. The number of hydrogen-bond donors (Lipinski definition) is 1. The van der Waals surface area contributed by atoms with Gasteiger partial charge in [-0.25, -0.2) is 8.42 Å². The van der Waals surface area contributed by atoms with E-state index in [4.69, 9.17) is 10.5 Å². The summed E-state index contributed by atoms with van der Waals surface area (Å²) in [5.74, 6) is 0.632. The molecule has 1 aromatic rings. The first kappa shape index (κ1) is 14.2. The number of rotatable bonds is 5. The smallest absolute Gasteiger partial charge is 0.156 e. The van der Waals surface area contributed by atoms with Gasteiger partial charge >= 0.3 is 0 Å². The van der Waals surface area contributed by atoms with Crippen molar-refractivity contribution in [1.29, 1.82) is 0 Å². The van der Waals surface area contributed by atoms with E-state index >= 15 is 0 Å². The summed E-state index contributed by atoms with van der Waals surface area (Å²) in [6, 6.07) is 7.13. The number of nitrogen functional groups attached to an aromatic ring is 1. The van der Waals surface area contributed by atoms with Crippen molar-refractivity contribution in [1.82, 2.24) is 0 Å². The fourth-order valence-corrected chi connectivity index (χ4v) is 4.17. The molecule has 0 saturated heterocycles. The molecule has 106 valence electrons. The zero-order valence-corrected chi connectivity index (χ0v) is 11.9. The van der Waals surface area contributed by atoms with E-state index in [-0.39, 0.29) is 17.6 Å². The fourth-order valence-electron chi connectivity index (χ4n) is 2.47. The zero-order chi connectivity index (χ0) is 13.7. The summed E-state index contributed by atoms with van der Waals surface area (Å²) >= 11 is 0. The van der Waals surface area contributed by atoms with E-state index in [1.54, 1.807) is 12.1 Å². The summed E-state index contributed by atoms with van der Waals surface area (Å²) in [5, 5.41) is -0.169. The predicted molar refractivity (Wildman–Crippen MR) is 77.0 cm³/mol. The largest absolute Gasteiger partial charge is 0.490 e. The summed E-state index contributed by atoms with van der Waals surface area (Å²) in [6.45, 7) is 0.174. The van der Waals surface area contributed by atoms with E-state index in [1.807, 2.05) is 12.1 Å². The molecular formula is C14H21NO3S. The molecule has 19 heavy (non-hydrogen) atoms. The molecule has 4 nitrogen and oxygen atoms in total. The molecule has 0 radical (unpaired) electrons. The van der Waals surface area contributed by atoms with Crippen LogP contribution in [0.25, 0.3) is 0 Å². The van der Waals surface area contributed by atoms with Gasteiger partial charge in [0.15, 0.2) is 9.84 Å². The van der Waals surface area contributed by atoms with Gasteiger partial charge < -0.3 is 10.5 Å². The SMILES string of the molecule is Nc1ccccc1OCCS(=O)(=O)C1CCCCC1. The van der Waals surface area contributed by atoms with Gasteiger partial charge in [-0.2, -0.15) is 0 Å². The van der Waals surface area contributed by atoms with Crippen LogP contribution in [-0.2, 0) is 9.84 Å². The van der Waals surface area contributed by atoms with Crippen molar-refractivity contribution < 1.29 is 13.2 Å². The minimum atomic E-state index is -3.03. The molecule has 0 aliphatic heterocycles. The lowest BCUT2D eigenvalue weighted by molar-refractivity contribution is 0.341. The highest BCUT2D eigenvalue weighted by molar-refractivity contribution is 7.92. The first-order valence-corrected chi connectivity index (χ1v) is 8.50. The Hall–Kier alpha value is -1.23. The van der Waals surface area contributed by atoms with E-state index < -0.39 is 9.84 Å². The summed E-state index contributed by atoms with van der Waals surface area (Å²) in [4.78, 5) is 0. The second-order valence-electron chi connectivity index (χ2n) is 5.01. The van der Waals surface area contributed by atoms with Crippen molar-refractivity contribution in [2.24, 2.45) is 0 Å². The van der Waals surface area contributed by atoms with Gasteiger partial charge in [-0.1, -0.05) is 31.4 Å². The first-order valence-electron chi connectivity index (χ1n) is 6.78. The number of ether oxygens (including phenoxy) is 1. The van der Waals surface area contributed by atoms with E-state index in [9.17, 15) is 8.42 Å². The lowest BCUT2D eigenvalue weighted by Gasteiger charge is -2.21. The third-order valence-electron chi connectivity index (χ3n) is 3.60. The standard InChI is InChI=1S/C14H21NO3S/c15-13-8-4-5-9-14(13)18-10-11-19(16,17)12-6-2-1-3-7-12/h4-5,8-9,12H,1-3,6-7,10-11,15H2. The Morgan fingerprint density at radius 3 is 2.53 bits per heavy atom. The summed E-state index contributed by atoms with van der Waals surface area (Å²) in [6.07, 6.45) is 4.81. The quantitative estimate of drug-likeness (QED) is 0.842. The predicted octanol–water partition coefficient (Wildman–Crippen LogP) is 2.40. The van der Waals surface area contributed by atoms with Crippen molar-refractivity contribution in [3.63, 3.8) is 0 Å². The minimum absolute atomic E-state index is 0.0754. The Labute approximate surface area is 114 Å². The molecule has 0 atom stereocenters. The van der Waals surface area contributed by atoms with Crippen LogP contribution >= 0.6 is 0 Å². The lowest BCUT2D eigenvalue weighted by atomic mass is 10.0. The third-order valence-corrected chi connectivity index (χ3v) is 5.83. The van der Waals surface area contributed by atoms with E-state index in [0.29, 0.717) is 11.4 Å². The number of hydrogen-bond acceptors (Lipinski definition) is 4. The number of anilines is 1. The van der Waals surface area contributed by atoms with Crippen molar-refractivity contribution in [3.05, 3.63) is 24.3 Å². The average Bonchev–Trinajstić information content (AvgIpc) is 2.42. The molecule has 1 fully saturated rings. The van der Waals surface area contributed by atoms with Gasteiger partial charge in [0.25, 0.3) is 0 Å². The lowest BCUT2D eigenvalue weighted by Crippen LogP contribution is -2.28. The molecule has 1 aliphatic carbocycles. The molecule has 1 saturated carbocycles. The van der Waals surface area contributed by atoms with E-state index in [1.165, 1.54) is 0 Å². The molecule has 0 heterocycles. The van der Waals surface area contributed by atoms with Crippen molar-refractivity contribution in [2.45, 2.75) is 37.4 Å². The van der Waals surface area contributed by atoms with Gasteiger partial charge in [0.1, 0.15) is 12.4 Å². The van der Waals surface area contributed by atoms with Crippen molar-refractivity contribution >= 4 is 15.5 Å². The van der Waals surface area contributed by atoms with Crippen LogP contribution in [0.4, 0.5) is 5.69 Å². The van der Waals surface area contributed by atoms with Gasteiger partial charge in [0, 0.05) is 0 Å². The number of sulfone groups is 1. The van der Waals surface area contributed by atoms with Crippen LogP contribution in [0.2, 0.25) is 0 Å². The van der Waals surface area contributed by atoms with Gasteiger partial charge in [-0.3, -0.25) is 0 Å². The molecule has 1 aromatic carbocycles. The second kappa shape index (κ2) is 6.28. The number of benzene rings is 1. The van der Waals surface area contributed by atoms with E-state index in [0.717, 1.165) is 32.1 Å². The second-order valence-corrected chi connectivity index (χ2v) is 7.41. The maximum atomic E-state index is 12.1. The fraction of sp³-hybridized carbons (Fsp3) is 0.571. The topological polar surface area (TPSA) is 69.4 Å². The molecule has 0 amide bonds.